The Morgan fingerprint density at radius 1 is 1.20 bits per heavy atom. The van der Waals surface area contributed by atoms with Crippen molar-refractivity contribution in [1.29, 1.82) is 0 Å². The lowest BCUT2D eigenvalue weighted by molar-refractivity contribution is -0.129. The first-order chi connectivity index (χ1) is 9.63. The summed E-state index contributed by atoms with van der Waals surface area (Å²) >= 11 is 0. The third-order valence-electron chi connectivity index (χ3n) is 4.44. The molecular weight excluding hydrogens is 248 g/mol. The molecule has 3 N–H and O–H groups in total. The minimum absolute atomic E-state index is 0.0673. The third-order valence-corrected chi connectivity index (χ3v) is 4.44. The Bertz CT molecular complexity index is 654. The minimum Gasteiger partial charge on any atom is -0.329 e. The number of hydrogen-bond acceptors (Lipinski definition) is 2. The SMILES string of the molecule is Cc1ccc2cc(NC(=O)C3(CN)CCC3)ccc2c1. The number of rotatable bonds is 3. The van der Waals surface area contributed by atoms with Crippen LogP contribution in [-0.4, -0.2) is 12.5 Å². The van der Waals surface area contributed by atoms with Crippen LogP contribution >= 0.6 is 0 Å². The van der Waals surface area contributed by atoms with Gasteiger partial charge in [-0.1, -0.05) is 36.2 Å². The second kappa shape index (κ2) is 4.91. The number of benzene rings is 2. The smallest absolute Gasteiger partial charge is 0.231 e. The molecule has 1 aliphatic carbocycles. The first kappa shape index (κ1) is 13.1. The van der Waals surface area contributed by atoms with Crippen LogP contribution in [0.25, 0.3) is 10.8 Å². The topological polar surface area (TPSA) is 55.1 Å². The molecule has 3 rings (SSSR count). The van der Waals surface area contributed by atoms with E-state index >= 15 is 0 Å². The number of anilines is 1. The molecule has 1 aliphatic rings. The number of nitrogens with two attached hydrogens (primary N) is 1. The molecule has 0 spiro atoms. The van der Waals surface area contributed by atoms with Crippen molar-refractivity contribution in [3.63, 3.8) is 0 Å². The zero-order valence-electron chi connectivity index (χ0n) is 11.8. The molecule has 2 aromatic carbocycles. The van der Waals surface area contributed by atoms with Gasteiger partial charge in [0.15, 0.2) is 0 Å². The normalized spacial score (nSPS) is 16.7. The average molecular weight is 268 g/mol. The van der Waals surface area contributed by atoms with Gasteiger partial charge in [0, 0.05) is 12.2 Å². The van der Waals surface area contributed by atoms with Crippen LogP contribution < -0.4 is 11.1 Å². The van der Waals surface area contributed by atoms with Crippen LogP contribution in [0, 0.1) is 12.3 Å². The summed E-state index contributed by atoms with van der Waals surface area (Å²) in [7, 11) is 0. The van der Waals surface area contributed by atoms with Gasteiger partial charge in [-0.3, -0.25) is 4.79 Å². The molecule has 3 heteroatoms. The van der Waals surface area contributed by atoms with Gasteiger partial charge < -0.3 is 11.1 Å². The predicted molar refractivity (Wildman–Crippen MR) is 82.7 cm³/mol. The van der Waals surface area contributed by atoms with Gasteiger partial charge in [-0.25, -0.2) is 0 Å². The van der Waals surface area contributed by atoms with Crippen molar-refractivity contribution < 1.29 is 4.79 Å². The molecule has 0 unspecified atom stereocenters. The second-order valence-electron chi connectivity index (χ2n) is 5.86. The summed E-state index contributed by atoms with van der Waals surface area (Å²) in [4.78, 5) is 12.3. The lowest BCUT2D eigenvalue weighted by atomic mass is 9.68. The Labute approximate surface area is 119 Å². The van der Waals surface area contributed by atoms with Crippen LogP contribution in [0.2, 0.25) is 0 Å². The van der Waals surface area contributed by atoms with E-state index in [0.29, 0.717) is 6.54 Å². The second-order valence-corrected chi connectivity index (χ2v) is 5.86. The van der Waals surface area contributed by atoms with E-state index in [1.165, 1.54) is 10.9 Å². The van der Waals surface area contributed by atoms with Crippen LogP contribution in [-0.2, 0) is 4.79 Å². The zero-order chi connectivity index (χ0) is 14.2. The van der Waals surface area contributed by atoms with Gasteiger partial charge in [0.05, 0.1) is 5.41 Å². The fraction of sp³-hybridized carbons (Fsp3) is 0.353. The molecule has 0 bridgehead atoms. The summed E-state index contributed by atoms with van der Waals surface area (Å²) in [5, 5.41) is 5.36. The largest absolute Gasteiger partial charge is 0.329 e. The van der Waals surface area contributed by atoms with E-state index in [-0.39, 0.29) is 11.3 Å². The number of amides is 1. The van der Waals surface area contributed by atoms with Crippen LogP contribution in [0.5, 0.6) is 0 Å². The zero-order valence-corrected chi connectivity index (χ0v) is 11.8. The minimum atomic E-state index is -0.331. The van der Waals surface area contributed by atoms with Gasteiger partial charge >= 0.3 is 0 Å². The molecule has 2 aromatic rings. The Kier molecular flexibility index (Phi) is 3.22. The molecule has 0 radical (unpaired) electrons. The summed E-state index contributed by atoms with van der Waals surface area (Å²) < 4.78 is 0. The molecule has 1 amide bonds. The maximum atomic E-state index is 12.3. The highest BCUT2D eigenvalue weighted by Gasteiger charge is 2.42. The molecule has 1 saturated carbocycles. The highest BCUT2D eigenvalue weighted by molar-refractivity contribution is 5.98. The summed E-state index contributed by atoms with van der Waals surface area (Å²) in [6, 6.07) is 12.4. The van der Waals surface area contributed by atoms with Gasteiger partial charge in [0.2, 0.25) is 5.91 Å². The predicted octanol–water partition coefficient (Wildman–Crippen LogP) is 3.22. The standard InChI is InChI=1S/C17H20N2O/c1-12-3-4-14-10-15(6-5-13(14)9-12)19-16(20)17(11-18)7-2-8-17/h3-6,9-10H,2,7-8,11,18H2,1H3,(H,19,20). The molecule has 0 atom stereocenters. The molecule has 0 heterocycles. The number of carbonyl (C=O) groups excluding carboxylic acids is 1. The number of hydrogen-bond donors (Lipinski definition) is 2. The van der Waals surface area contributed by atoms with E-state index in [9.17, 15) is 4.79 Å². The maximum absolute atomic E-state index is 12.3. The first-order valence-electron chi connectivity index (χ1n) is 7.15. The van der Waals surface area contributed by atoms with E-state index in [2.05, 4.69) is 30.4 Å². The number of aryl methyl sites for hydroxylation is 1. The van der Waals surface area contributed by atoms with Crippen molar-refractivity contribution in [3.8, 4) is 0 Å². The van der Waals surface area contributed by atoms with E-state index in [4.69, 9.17) is 5.73 Å². The van der Waals surface area contributed by atoms with Crippen LogP contribution in [0.4, 0.5) is 5.69 Å². The lowest BCUT2D eigenvalue weighted by Gasteiger charge is -2.39. The quantitative estimate of drug-likeness (QED) is 0.898. The highest BCUT2D eigenvalue weighted by atomic mass is 16.2. The Hall–Kier alpha value is -1.87. The molecule has 104 valence electrons. The third kappa shape index (κ3) is 2.18. The molecule has 1 fully saturated rings. The van der Waals surface area contributed by atoms with Crippen LogP contribution in [0.15, 0.2) is 36.4 Å². The summed E-state index contributed by atoms with van der Waals surface area (Å²) in [6.45, 7) is 2.52. The number of carbonyl (C=O) groups is 1. The van der Waals surface area contributed by atoms with Gasteiger partial charge in [0.25, 0.3) is 0 Å². The monoisotopic (exact) mass is 268 g/mol. The van der Waals surface area contributed by atoms with Crippen LogP contribution in [0.3, 0.4) is 0 Å². The van der Waals surface area contributed by atoms with Crippen LogP contribution in [0.1, 0.15) is 24.8 Å². The average Bonchev–Trinajstić information content (AvgIpc) is 2.38. The van der Waals surface area contributed by atoms with E-state index in [1.807, 2.05) is 18.2 Å². The summed E-state index contributed by atoms with van der Waals surface area (Å²) in [5.74, 6) is 0.0673. The molecule has 0 aliphatic heterocycles. The van der Waals surface area contributed by atoms with Crippen molar-refractivity contribution in [2.24, 2.45) is 11.1 Å². The van der Waals surface area contributed by atoms with Gasteiger partial charge in [-0.05, 0) is 42.7 Å². The lowest BCUT2D eigenvalue weighted by Crippen LogP contribution is -2.47. The summed E-state index contributed by atoms with van der Waals surface area (Å²) in [6.07, 6.45) is 2.91. The maximum Gasteiger partial charge on any atom is 0.231 e. The van der Waals surface area contributed by atoms with Crippen molar-refractivity contribution in [2.75, 3.05) is 11.9 Å². The molecular formula is C17H20N2O. The number of fused-ring (bicyclic) bond motifs is 1. The van der Waals surface area contributed by atoms with E-state index < -0.39 is 0 Å². The molecule has 0 aromatic heterocycles. The van der Waals surface area contributed by atoms with Crippen molar-refractivity contribution in [1.82, 2.24) is 0 Å². The van der Waals surface area contributed by atoms with Crippen molar-refractivity contribution in [2.45, 2.75) is 26.2 Å². The Morgan fingerprint density at radius 2 is 1.90 bits per heavy atom. The van der Waals surface area contributed by atoms with Gasteiger partial charge in [-0.2, -0.15) is 0 Å². The molecule has 3 nitrogen and oxygen atoms in total. The number of nitrogens with one attached hydrogen (secondary N) is 1. The fourth-order valence-electron chi connectivity index (χ4n) is 2.83. The Morgan fingerprint density at radius 3 is 2.55 bits per heavy atom. The summed E-state index contributed by atoms with van der Waals surface area (Å²) in [5.41, 5.74) is 7.53. The first-order valence-corrected chi connectivity index (χ1v) is 7.15. The Balaban J connectivity index is 1.84. The fourth-order valence-corrected chi connectivity index (χ4v) is 2.83. The van der Waals surface area contributed by atoms with Gasteiger partial charge in [-0.15, -0.1) is 0 Å². The molecule has 0 saturated heterocycles. The van der Waals surface area contributed by atoms with Crippen molar-refractivity contribution >= 4 is 22.4 Å². The highest BCUT2D eigenvalue weighted by Crippen LogP contribution is 2.40. The van der Waals surface area contributed by atoms with E-state index in [0.717, 1.165) is 30.3 Å². The molecule has 20 heavy (non-hydrogen) atoms. The van der Waals surface area contributed by atoms with E-state index in [1.54, 1.807) is 0 Å². The van der Waals surface area contributed by atoms with Gasteiger partial charge in [0.1, 0.15) is 0 Å². The van der Waals surface area contributed by atoms with Crippen molar-refractivity contribution in [3.05, 3.63) is 42.0 Å².